The number of fused-ring (bicyclic) bond motifs is 1. The highest BCUT2D eigenvalue weighted by molar-refractivity contribution is 14.0. The molecule has 156 valence electrons. The van der Waals surface area contributed by atoms with Crippen molar-refractivity contribution in [2.24, 2.45) is 4.99 Å². The van der Waals surface area contributed by atoms with Crippen LogP contribution in [0.2, 0.25) is 0 Å². The molecule has 2 aromatic carbocycles. The number of aliphatic imine (C=N–C) groups is 1. The molecule has 0 aromatic heterocycles. The number of nitrogens with one attached hydrogen (secondary N) is 2. The quantitative estimate of drug-likeness (QED) is 0.261. The largest absolute Gasteiger partial charge is 0.492 e. The van der Waals surface area contributed by atoms with Gasteiger partial charge in [0.15, 0.2) is 5.96 Å². The van der Waals surface area contributed by atoms with Crippen LogP contribution in [0.4, 0.5) is 0 Å². The van der Waals surface area contributed by atoms with E-state index in [1.165, 1.54) is 11.1 Å². The monoisotopic (exact) mass is 508 g/mol. The molecule has 0 radical (unpaired) electrons. The minimum Gasteiger partial charge on any atom is -0.492 e. The molecule has 1 aliphatic rings. The predicted octanol–water partition coefficient (Wildman–Crippen LogP) is 2.82. The van der Waals surface area contributed by atoms with Crippen LogP contribution < -0.4 is 15.4 Å². The fourth-order valence-electron chi connectivity index (χ4n) is 3.15. The third kappa shape index (κ3) is 7.23. The number of halogens is 1. The van der Waals surface area contributed by atoms with Gasteiger partial charge in [-0.2, -0.15) is 0 Å². The lowest BCUT2D eigenvalue weighted by Crippen LogP contribution is -2.41. The molecule has 0 saturated heterocycles. The number of carbonyl (C=O) groups is 1. The number of hydrogen-bond acceptors (Lipinski definition) is 3. The number of hydrogen-bond donors (Lipinski definition) is 2. The highest BCUT2D eigenvalue weighted by atomic mass is 127. The Kier molecular flexibility index (Phi) is 9.76. The fraction of sp³-hybridized carbons (Fsp3) is 0.364. The van der Waals surface area contributed by atoms with Crippen molar-refractivity contribution in [3.05, 3.63) is 65.7 Å². The lowest BCUT2D eigenvalue weighted by Gasteiger charge is -2.28. The second-order valence-electron chi connectivity index (χ2n) is 6.62. The molecular weight excluding hydrogens is 479 g/mol. The number of benzene rings is 2. The lowest BCUT2D eigenvalue weighted by molar-refractivity contribution is -0.130. The normalized spacial score (nSPS) is 13.1. The standard InChI is InChI=1S/C22H28N4O2.HI/c1-2-23-22(24-13-15-28-20-10-4-3-5-11-20)25-16-21(27)26-14-12-18-8-6-7-9-19(18)17-26;/h3-11H,2,12-17H2,1H3,(H2,23,24,25);1H. The average Bonchev–Trinajstić information content (AvgIpc) is 2.75. The van der Waals surface area contributed by atoms with E-state index in [0.717, 1.165) is 25.3 Å². The van der Waals surface area contributed by atoms with Crippen LogP contribution in [0.5, 0.6) is 5.75 Å². The second-order valence-corrected chi connectivity index (χ2v) is 6.62. The van der Waals surface area contributed by atoms with Gasteiger partial charge in [0.1, 0.15) is 18.9 Å². The van der Waals surface area contributed by atoms with Crippen LogP contribution in [0.3, 0.4) is 0 Å². The van der Waals surface area contributed by atoms with Gasteiger partial charge in [0.2, 0.25) is 5.91 Å². The van der Waals surface area contributed by atoms with E-state index in [1.807, 2.05) is 48.2 Å². The van der Waals surface area contributed by atoms with Crippen LogP contribution >= 0.6 is 24.0 Å². The molecule has 2 N–H and O–H groups in total. The maximum Gasteiger partial charge on any atom is 0.244 e. The Morgan fingerprint density at radius 2 is 1.79 bits per heavy atom. The molecule has 6 nitrogen and oxygen atoms in total. The van der Waals surface area contributed by atoms with Gasteiger partial charge < -0.3 is 20.3 Å². The van der Waals surface area contributed by atoms with Gasteiger partial charge in [0.05, 0.1) is 6.54 Å². The third-order valence-corrected chi connectivity index (χ3v) is 4.61. The first-order chi connectivity index (χ1) is 13.8. The highest BCUT2D eigenvalue weighted by Gasteiger charge is 2.19. The topological polar surface area (TPSA) is 66.0 Å². The highest BCUT2D eigenvalue weighted by Crippen LogP contribution is 2.18. The van der Waals surface area contributed by atoms with E-state index in [1.54, 1.807) is 0 Å². The molecule has 1 heterocycles. The number of amides is 1. The van der Waals surface area contributed by atoms with Crippen LogP contribution in [0.25, 0.3) is 0 Å². The summed E-state index contributed by atoms with van der Waals surface area (Å²) in [5.74, 6) is 1.52. The molecular formula is C22H29IN4O2. The summed E-state index contributed by atoms with van der Waals surface area (Å²) in [6.07, 6.45) is 0.904. The van der Waals surface area contributed by atoms with Crippen molar-refractivity contribution >= 4 is 35.8 Å². The van der Waals surface area contributed by atoms with Crippen LogP contribution in [0.1, 0.15) is 18.1 Å². The first-order valence-corrected chi connectivity index (χ1v) is 9.81. The van der Waals surface area contributed by atoms with Gasteiger partial charge in [-0.1, -0.05) is 42.5 Å². The van der Waals surface area contributed by atoms with Gasteiger partial charge >= 0.3 is 0 Å². The van der Waals surface area contributed by atoms with Gasteiger partial charge in [-0.3, -0.25) is 4.79 Å². The summed E-state index contributed by atoms with van der Waals surface area (Å²) in [6.45, 7) is 5.41. The van der Waals surface area contributed by atoms with E-state index >= 15 is 0 Å². The molecule has 0 unspecified atom stereocenters. The van der Waals surface area contributed by atoms with Crippen molar-refractivity contribution < 1.29 is 9.53 Å². The van der Waals surface area contributed by atoms with E-state index in [0.29, 0.717) is 25.7 Å². The summed E-state index contributed by atoms with van der Waals surface area (Å²) in [4.78, 5) is 18.9. The van der Waals surface area contributed by atoms with Gasteiger partial charge in [0, 0.05) is 19.6 Å². The van der Waals surface area contributed by atoms with Crippen molar-refractivity contribution in [3.63, 3.8) is 0 Å². The van der Waals surface area contributed by atoms with Gasteiger partial charge in [0.25, 0.3) is 0 Å². The van der Waals surface area contributed by atoms with Crippen molar-refractivity contribution in [2.45, 2.75) is 19.9 Å². The van der Waals surface area contributed by atoms with Gasteiger partial charge in [-0.25, -0.2) is 4.99 Å². The summed E-state index contributed by atoms with van der Waals surface area (Å²) < 4.78 is 5.67. The molecule has 29 heavy (non-hydrogen) atoms. The first kappa shape index (κ1) is 23.0. The zero-order valence-electron chi connectivity index (χ0n) is 16.8. The molecule has 0 atom stereocenters. The third-order valence-electron chi connectivity index (χ3n) is 4.61. The lowest BCUT2D eigenvalue weighted by atomic mass is 10.00. The maximum absolute atomic E-state index is 12.6. The summed E-state index contributed by atoms with van der Waals surface area (Å²) >= 11 is 0. The number of guanidine groups is 1. The summed E-state index contributed by atoms with van der Waals surface area (Å²) in [5, 5.41) is 6.38. The van der Waals surface area contributed by atoms with Crippen LogP contribution in [0, 0.1) is 0 Å². The molecule has 3 rings (SSSR count). The number of carbonyl (C=O) groups excluding carboxylic acids is 1. The number of para-hydroxylation sites is 1. The van der Waals surface area contributed by atoms with Crippen LogP contribution in [0.15, 0.2) is 59.6 Å². The molecule has 2 aromatic rings. The summed E-state index contributed by atoms with van der Waals surface area (Å²) in [6, 6.07) is 18.0. The predicted molar refractivity (Wildman–Crippen MR) is 127 cm³/mol. The Morgan fingerprint density at radius 3 is 2.55 bits per heavy atom. The van der Waals surface area contributed by atoms with E-state index in [2.05, 4.69) is 33.8 Å². The Labute approximate surface area is 189 Å². The van der Waals surface area contributed by atoms with Crippen molar-refractivity contribution in [3.8, 4) is 5.75 Å². The molecule has 1 amide bonds. The van der Waals surface area contributed by atoms with E-state index < -0.39 is 0 Å². The molecule has 0 saturated carbocycles. The van der Waals surface area contributed by atoms with Gasteiger partial charge in [-0.05, 0) is 36.6 Å². The number of nitrogens with zero attached hydrogens (tertiary/aromatic N) is 2. The van der Waals surface area contributed by atoms with Crippen LogP contribution in [-0.4, -0.2) is 49.6 Å². The molecule has 0 aliphatic carbocycles. The summed E-state index contributed by atoms with van der Waals surface area (Å²) in [7, 11) is 0. The zero-order valence-corrected chi connectivity index (χ0v) is 19.1. The summed E-state index contributed by atoms with van der Waals surface area (Å²) in [5.41, 5.74) is 2.57. The molecule has 0 fully saturated rings. The average molecular weight is 508 g/mol. The first-order valence-electron chi connectivity index (χ1n) is 9.81. The Bertz CT molecular complexity index is 798. The Balaban J connectivity index is 0.00000300. The van der Waals surface area contributed by atoms with Crippen molar-refractivity contribution in [1.29, 1.82) is 0 Å². The van der Waals surface area contributed by atoms with Crippen molar-refractivity contribution in [1.82, 2.24) is 15.5 Å². The minimum atomic E-state index is 0. The van der Waals surface area contributed by atoms with Gasteiger partial charge in [-0.15, -0.1) is 24.0 Å². The second kappa shape index (κ2) is 12.3. The number of ether oxygens (including phenoxy) is 1. The number of rotatable bonds is 7. The molecule has 0 bridgehead atoms. The smallest absolute Gasteiger partial charge is 0.244 e. The van der Waals surface area contributed by atoms with E-state index in [4.69, 9.17) is 4.74 Å². The SMILES string of the molecule is CCNC(=NCC(=O)N1CCc2ccccc2C1)NCCOc1ccccc1.I. The molecule has 0 spiro atoms. The molecule has 1 aliphatic heterocycles. The zero-order chi connectivity index (χ0) is 19.6. The Morgan fingerprint density at radius 1 is 1.07 bits per heavy atom. The maximum atomic E-state index is 12.6. The Hall–Kier alpha value is -2.29. The fourth-order valence-corrected chi connectivity index (χ4v) is 3.15. The van der Waals surface area contributed by atoms with Crippen LogP contribution in [-0.2, 0) is 17.8 Å². The van der Waals surface area contributed by atoms with Crippen molar-refractivity contribution in [2.75, 3.05) is 32.8 Å². The van der Waals surface area contributed by atoms with E-state index in [-0.39, 0.29) is 36.4 Å². The molecule has 7 heteroatoms. The minimum absolute atomic E-state index is 0. The van der Waals surface area contributed by atoms with E-state index in [9.17, 15) is 4.79 Å².